The van der Waals surface area contributed by atoms with Crippen molar-refractivity contribution in [1.82, 2.24) is 0 Å². The molecule has 1 fully saturated rings. The molecule has 0 bridgehead atoms. The van der Waals surface area contributed by atoms with Crippen LogP contribution in [0.4, 0.5) is 0 Å². The summed E-state index contributed by atoms with van der Waals surface area (Å²) in [6.45, 7) is 10.7. The van der Waals surface area contributed by atoms with Crippen LogP contribution in [0.5, 0.6) is 0 Å². The lowest BCUT2D eigenvalue weighted by atomic mass is 9.95. The van der Waals surface area contributed by atoms with Gasteiger partial charge in [0.15, 0.2) is 0 Å². The van der Waals surface area contributed by atoms with E-state index in [9.17, 15) is 5.11 Å². The number of ether oxygens (including phenoxy) is 2. The first-order valence-electron chi connectivity index (χ1n) is 12.5. The first-order chi connectivity index (χ1) is 15.9. The van der Waals surface area contributed by atoms with Gasteiger partial charge in [-0.05, 0) is 47.5 Å². The molecular weight excluding hydrogens is 428 g/mol. The molecule has 1 unspecified atom stereocenters. The van der Waals surface area contributed by atoms with Gasteiger partial charge in [-0.25, -0.2) is 0 Å². The quantitative estimate of drug-likeness (QED) is 0.485. The topological polar surface area (TPSA) is 47.9 Å². The molecule has 0 heterocycles. The van der Waals surface area contributed by atoms with Crippen molar-refractivity contribution < 1.29 is 19.0 Å². The number of aliphatic hydroxyl groups excluding tert-OH is 1. The Balaban J connectivity index is 1.84. The van der Waals surface area contributed by atoms with E-state index in [2.05, 4.69) is 88.4 Å². The minimum atomic E-state index is -2.61. The van der Waals surface area contributed by atoms with Crippen molar-refractivity contribution in [3.05, 3.63) is 60.7 Å². The summed E-state index contributed by atoms with van der Waals surface area (Å²) in [5, 5.41) is 12.5. The Morgan fingerprint density at radius 3 is 2.06 bits per heavy atom. The number of benzene rings is 2. The van der Waals surface area contributed by atoms with Gasteiger partial charge >= 0.3 is 0 Å². The number of rotatable bonds is 11. The first-order valence-corrected chi connectivity index (χ1v) is 14.4. The molecule has 33 heavy (non-hydrogen) atoms. The Morgan fingerprint density at radius 1 is 0.939 bits per heavy atom. The van der Waals surface area contributed by atoms with E-state index in [1.807, 2.05) is 0 Å². The van der Waals surface area contributed by atoms with Gasteiger partial charge in [-0.2, -0.15) is 0 Å². The molecule has 1 aliphatic rings. The summed E-state index contributed by atoms with van der Waals surface area (Å²) in [4.78, 5) is 0. The summed E-state index contributed by atoms with van der Waals surface area (Å²) in [5.74, 6) is 0. The van der Waals surface area contributed by atoms with Gasteiger partial charge < -0.3 is 19.0 Å². The van der Waals surface area contributed by atoms with Crippen LogP contribution in [0.25, 0.3) is 0 Å². The smallest absolute Gasteiger partial charge is 0.261 e. The van der Waals surface area contributed by atoms with E-state index >= 15 is 0 Å². The molecule has 0 aromatic heterocycles. The molecule has 5 heteroatoms. The van der Waals surface area contributed by atoms with Crippen molar-refractivity contribution >= 4 is 18.7 Å². The van der Waals surface area contributed by atoms with Crippen LogP contribution in [0.3, 0.4) is 0 Å². The van der Waals surface area contributed by atoms with Crippen LogP contribution in [0.1, 0.15) is 59.8 Å². The molecule has 1 saturated carbocycles. The fraction of sp³-hybridized carbons (Fsp3) is 0.571. The predicted octanol–water partition coefficient (Wildman–Crippen LogP) is 4.68. The SMILES string of the molecule is CCCOC(CO[C@H]1CCC[C@@H](O)C1)CO[Si](c1ccccc1)(c1ccccc1)C(C)(C)C. The van der Waals surface area contributed by atoms with Crippen LogP contribution in [-0.2, 0) is 13.9 Å². The molecule has 1 N–H and O–H groups in total. The summed E-state index contributed by atoms with van der Waals surface area (Å²) in [6, 6.07) is 21.4. The number of hydrogen-bond donors (Lipinski definition) is 1. The fourth-order valence-electron chi connectivity index (χ4n) is 4.92. The third-order valence-corrected chi connectivity index (χ3v) is 11.6. The van der Waals surface area contributed by atoms with Crippen molar-refractivity contribution in [2.45, 2.75) is 83.1 Å². The summed E-state index contributed by atoms with van der Waals surface area (Å²) >= 11 is 0. The third kappa shape index (κ3) is 6.77. The Morgan fingerprint density at radius 2 is 1.55 bits per heavy atom. The van der Waals surface area contributed by atoms with Gasteiger partial charge in [-0.3, -0.25) is 0 Å². The van der Waals surface area contributed by atoms with E-state index in [4.69, 9.17) is 13.9 Å². The van der Waals surface area contributed by atoms with E-state index in [0.29, 0.717) is 19.8 Å². The van der Waals surface area contributed by atoms with Crippen molar-refractivity contribution in [2.24, 2.45) is 0 Å². The highest BCUT2D eigenvalue weighted by atomic mass is 28.4. The molecule has 0 aliphatic heterocycles. The molecular formula is C28H42O4Si. The van der Waals surface area contributed by atoms with Gasteiger partial charge in [-0.15, -0.1) is 0 Å². The van der Waals surface area contributed by atoms with Crippen molar-refractivity contribution in [1.29, 1.82) is 0 Å². The lowest BCUT2D eigenvalue weighted by molar-refractivity contribution is -0.0800. The molecule has 0 radical (unpaired) electrons. The maximum absolute atomic E-state index is 10.0. The Hall–Kier alpha value is -1.50. The molecule has 1 aliphatic carbocycles. The zero-order valence-electron chi connectivity index (χ0n) is 20.8. The fourth-order valence-corrected chi connectivity index (χ4v) is 9.51. The zero-order valence-corrected chi connectivity index (χ0v) is 21.8. The van der Waals surface area contributed by atoms with Gasteiger partial charge in [0, 0.05) is 6.61 Å². The lowest BCUT2D eigenvalue weighted by Gasteiger charge is -2.43. The van der Waals surface area contributed by atoms with E-state index in [1.165, 1.54) is 10.4 Å². The maximum Gasteiger partial charge on any atom is 0.261 e. The van der Waals surface area contributed by atoms with Gasteiger partial charge in [0.2, 0.25) is 0 Å². The van der Waals surface area contributed by atoms with Crippen LogP contribution < -0.4 is 10.4 Å². The Labute approximate surface area is 201 Å². The van der Waals surface area contributed by atoms with Gasteiger partial charge in [0.25, 0.3) is 8.32 Å². The average Bonchev–Trinajstić information content (AvgIpc) is 2.81. The minimum absolute atomic E-state index is 0.0701. The van der Waals surface area contributed by atoms with Crippen LogP contribution in [0.2, 0.25) is 5.04 Å². The summed E-state index contributed by atoms with van der Waals surface area (Å²) in [7, 11) is -2.61. The normalized spacial score (nSPS) is 20.5. The van der Waals surface area contributed by atoms with Crippen molar-refractivity contribution in [3.63, 3.8) is 0 Å². The second-order valence-electron chi connectivity index (χ2n) is 10.2. The molecule has 0 amide bonds. The molecule has 3 atom stereocenters. The van der Waals surface area contributed by atoms with Gasteiger partial charge in [0.05, 0.1) is 25.4 Å². The highest BCUT2D eigenvalue weighted by molar-refractivity contribution is 6.99. The van der Waals surface area contributed by atoms with Crippen molar-refractivity contribution in [2.75, 3.05) is 19.8 Å². The summed E-state index contributed by atoms with van der Waals surface area (Å²) < 4.78 is 19.5. The Kier molecular flexibility index (Phi) is 9.71. The summed E-state index contributed by atoms with van der Waals surface area (Å²) in [6.07, 6.45) is 4.31. The molecule has 0 saturated heterocycles. The first kappa shape index (κ1) is 26.1. The van der Waals surface area contributed by atoms with Crippen LogP contribution >= 0.6 is 0 Å². The minimum Gasteiger partial charge on any atom is -0.405 e. The zero-order chi connectivity index (χ0) is 23.7. The van der Waals surface area contributed by atoms with Gasteiger partial charge in [0.1, 0.15) is 6.10 Å². The Bertz CT molecular complexity index is 766. The second-order valence-corrected chi connectivity index (χ2v) is 14.5. The predicted molar refractivity (Wildman–Crippen MR) is 138 cm³/mol. The van der Waals surface area contributed by atoms with Crippen molar-refractivity contribution in [3.8, 4) is 0 Å². The van der Waals surface area contributed by atoms with E-state index in [1.54, 1.807) is 0 Å². The largest absolute Gasteiger partial charge is 0.405 e. The third-order valence-electron chi connectivity index (χ3n) is 6.58. The second kappa shape index (κ2) is 12.3. The highest BCUT2D eigenvalue weighted by Gasteiger charge is 2.50. The van der Waals surface area contributed by atoms with Gasteiger partial charge in [-0.1, -0.05) is 88.4 Å². The molecule has 4 nitrogen and oxygen atoms in total. The van der Waals surface area contributed by atoms with E-state index in [-0.39, 0.29) is 23.4 Å². The maximum atomic E-state index is 10.0. The van der Waals surface area contributed by atoms with Crippen LogP contribution in [-0.4, -0.2) is 51.6 Å². The molecule has 2 aromatic rings. The molecule has 182 valence electrons. The van der Waals surface area contributed by atoms with Crippen LogP contribution in [0.15, 0.2) is 60.7 Å². The number of aliphatic hydroxyl groups is 1. The van der Waals surface area contributed by atoms with E-state index in [0.717, 1.165) is 32.1 Å². The van der Waals surface area contributed by atoms with Crippen LogP contribution in [0, 0.1) is 0 Å². The molecule has 0 spiro atoms. The molecule has 2 aromatic carbocycles. The van der Waals surface area contributed by atoms with E-state index < -0.39 is 8.32 Å². The lowest BCUT2D eigenvalue weighted by Crippen LogP contribution is -2.67. The standard InChI is InChI=1S/C28H42O4Si/c1-5-19-30-25(21-31-24-14-12-13-23(29)20-24)22-32-33(28(2,3)4,26-15-8-6-9-16-26)27-17-10-7-11-18-27/h6-11,15-18,23-25,29H,5,12-14,19-22H2,1-4H3/t23-,24+,25?/m1/s1. The molecule has 3 rings (SSSR count). The number of hydrogen-bond acceptors (Lipinski definition) is 4. The summed E-state index contributed by atoms with van der Waals surface area (Å²) in [5.41, 5.74) is 0. The average molecular weight is 471 g/mol. The monoisotopic (exact) mass is 470 g/mol. The highest BCUT2D eigenvalue weighted by Crippen LogP contribution is 2.37.